The van der Waals surface area contributed by atoms with E-state index < -0.39 is 0 Å². The van der Waals surface area contributed by atoms with Gasteiger partial charge < -0.3 is 4.42 Å². The number of ketones is 1. The Labute approximate surface area is 172 Å². The van der Waals surface area contributed by atoms with E-state index in [9.17, 15) is 9.59 Å². The first-order chi connectivity index (χ1) is 13.9. The number of carbonyl (C=O) groups excluding carboxylic acids is 2. The largest absolute Gasteiger partial charge is 0.467 e. The molecule has 0 spiro atoms. The fourth-order valence-electron chi connectivity index (χ4n) is 3.26. The van der Waals surface area contributed by atoms with Gasteiger partial charge in [-0.1, -0.05) is 29.5 Å². The summed E-state index contributed by atoms with van der Waals surface area (Å²) in [6.07, 6.45) is 1.59. The number of amides is 1. The van der Waals surface area contributed by atoms with Gasteiger partial charge in [-0.15, -0.1) is 0 Å². The van der Waals surface area contributed by atoms with Crippen LogP contribution in [-0.4, -0.2) is 16.7 Å². The van der Waals surface area contributed by atoms with E-state index >= 15 is 0 Å². The van der Waals surface area contributed by atoms with Crippen molar-refractivity contribution < 1.29 is 14.0 Å². The van der Waals surface area contributed by atoms with Crippen LogP contribution in [0.1, 0.15) is 44.5 Å². The summed E-state index contributed by atoms with van der Waals surface area (Å²) in [5.74, 6) is 0.448. The van der Waals surface area contributed by atoms with Crippen molar-refractivity contribution in [1.82, 2.24) is 4.98 Å². The molecule has 0 fully saturated rings. The number of nitrogens with zero attached hydrogens (tertiary/aromatic N) is 2. The Hall–Kier alpha value is -3.25. The zero-order valence-electron chi connectivity index (χ0n) is 16.4. The Morgan fingerprint density at radius 3 is 2.45 bits per heavy atom. The van der Waals surface area contributed by atoms with Gasteiger partial charge in [0.15, 0.2) is 10.9 Å². The number of anilines is 1. The summed E-state index contributed by atoms with van der Waals surface area (Å²) in [6, 6.07) is 14.5. The van der Waals surface area contributed by atoms with Gasteiger partial charge in [-0.25, -0.2) is 4.98 Å². The topological polar surface area (TPSA) is 63.4 Å². The highest BCUT2D eigenvalue weighted by molar-refractivity contribution is 7.22. The van der Waals surface area contributed by atoms with Crippen LogP contribution in [-0.2, 0) is 6.54 Å². The number of carbonyl (C=O) groups is 2. The number of furan rings is 1. The van der Waals surface area contributed by atoms with Gasteiger partial charge in [0.05, 0.1) is 23.0 Å². The molecular weight excluding hydrogens is 384 g/mol. The van der Waals surface area contributed by atoms with Gasteiger partial charge in [-0.3, -0.25) is 14.5 Å². The zero-order chi connectivity index (χ0) is 20.5. The average Bonchev–Trinajstić information content (AvgIpc) is 3.35. The number of fused-ring (bicyclic) bond motifs is 1. The second-order valence-corrected chi connectivity index (χ2v) is 8.04. The lowest BCUT2D eigenvalue weighted by Gasteiger charge is -2.19. The standard InChI is InChI=1S/C23H20N2O3S/c1-14-11-15(2)21-20(12-14)29-23(24-21)25(13-19-5-4-10-28-19)22(27)18-8-6-17(7-9-18)16(3)26/h4-12H,13H2,1-3H3. The molecule has 0 radical (unpaired) electrons. The quantitative estimate of drug-likeness (QED) is 0.409. The third-order valence-electron chi connectivity index (χ3n) is 4.73. The van der Waals surface area contributed by atoms with E-state index in [1.165, 1.54) is 18.3 Å². The maximum absolute atomic E-state index is 13.3. The minimum atomic E-state index is -0.190. The van der Waals surface area contributed by atoms with Crippen LogP contribution < -0.4 is 4.90 Å². The maximum atomic E-state index is 13.3. The van der Waals surface area contributed by atoms with Crippen molar-refractivity contribution in [3.05, 3.63) is 82.8 Å². The molecule has 4 aromatic rings. The highest BCUT2D eigenvalue weighted by Crippen LogP contribution is 2.33. The summed E-state index contributed by atoms with van der Waals surface area (Å²) in [5, 5.41) is 0.616. The van der Waals surface area contributed by atoms with Crippen LogP contribution in [0.3, 0.4) is 0 Å². The summed E-state index contributed by atoms with van der Waals surface area (Å²) in [7, 11) is 0. The molecule has 2 heterocycles. The van der Waals surface area contributed by atoms with E-state index in [2.05, 4.69) is 12.1 Å². The van der Waals surface area contributed by atoms with E-state index in [0.29, 0.717) is 22.0 Å². The van der Waals surface area contributed by atoms with Gasteiger partial charge in [0.2, 0.25) is 0 Å². The number of rotatable bonds is 5. The van der Waals surface area contributed by atoms with Crippen molar-refractivity contribution in [3.8, 4) is 0 Å². The Morgan fingerprint density at radius 2 is 1.79 bits per heavy atom. The summed E-state index contributed by atoms with van der Waals surface area (Å²) >= 11 is 1.48. The van der Waals surface area contributed by atoms with E-state index in [1.54, 1.807) is 41.5 Å². The summed E-state index contributed by atoms with van der Waals surface area (Å²) < 4.78 is 6.52. The molecule has 2 aromatic heterocycles. The van der Waals surface area contributed by atoms with E-state index in [-0.39, 0.29) is 18.2 Å². The van der Waals surface area contributed by atoms with Crippen LogP contribution >= 0.6 is 11.3 Å². The Morgan fingerprint density at radius 1 is 1.07 bits per heavy atom. The van der Waals surface area contributed by atoms with Crippen molar-refractivity contribution in [2.24, 2.45) is 0 Å². The molecule has 0 aliphatic rings. The number of hydrogen-bond acceptors (Lipinski definition) is 5. The van der Waals surface area contributed by atoms with Crippen molar-refractivity contribution >= 4 is 38.4 Å². The molecule has 2 aromatic carbocycles. The van der Waals surface area contributed by atoms with Crippen LogP contribution in [0.4, 0.5) is 5.13 Å². The van der Waals surface area contributed by atoms with Crippen molar-refractivity contribution in [2.45, 2.75) is 27.3 Å². The van der Waals surface area contributed by atoms with Gasteiger partial charge in [0.25, 0.3) is 5.91 Å². The molecular formula is C23H20N2O3S. The molecule has 0 N–H and O–H groups in total. The van der Waals surface area contributed by atoms with Crippen LogP contribution in [0.5, 0.6) is 0 Å². The summed E-state index contributed by atoms with van der Waals surface area (Å²) in [4.78, 5) is 31.3. The zero-order valence-corrected chi connectivity index (χ0v) is 17.2. The molecule has 4 rings (SSSR count). The van der Waals surface area contributed by atoms with Gasteiger partial charge in [0.1, 0.15) is 5.76 Å². The summed E-state index contributed by atoms with van der Waals surface area (Å²) in [5.41, 5.74) is 4.21. The Bertz CT molecular complexity index is 1190. The summed E-state index contributed by atoms with van der Waals surface area (Å²) in [6.45, 7) is 5.86. The number of Topliss-reactive ketones (excluding diaryl/α,β-unsaturated/α-hetero) is 1. The minimum Gasteiger partial charge on any atom is -0.467 e. The van der Waals surface area contributed by atoms with E-state index in [4.69, 9.17) is 9.40 Å². The third-order valence-corrected chi connectivity index (χ3v) is 5.75. The van der Waals surface area contributed by atoms with Gasteiger partial charge >= 0.3 is 0 Å². The molecule has 1 amide bonds. The molecule has 5 nitrogen and oxygen atoms in total. The highest BCUT2D eigenvalue weighted by Gasteiger charge is 2.23. The highest BCUT2D eigenvalue weighted by atomic mass is 32.1. The Balaban J connectivity index is 1.76. The first kappa shape index (κ1) is 19.1. The van der Waals surface area contributed by atoms with Gasteiger partial charge in [0, 0.05) is 11.1 Å². The molecule has 0 bridgehead atoms. The second kappa shape index (κ2) is 7.64. The first-order valence-corrected chi connectivity index (χ1v) is 10.1. The van der Waals surface area contributed by atoms with Gasteiger partial charge in [-0.05, 0) is 62.2 Å². The number of aryl methyl sites for hydroxylation is 2. The minimum absolute atomic E-state index is 0.0338. The van der Waals surface area contributed by atoms with Crippen LogP contribution in [0, 0.1) is 13.8 Å². The molecule has 0 aliphatic carbocycles. The molecule has 0 saturated heterocycles. The van der Waals surface area contributed by atoms with Crippen molar-refractivity contribution in [3.63, 3.8) is 0 Å². The molecule has 0 unspecified atom stereocenters. The molecule has 0 aliphatic heterocycles. The molecule has 0 saturated carbocycles. The first-order valence-electron chi connectivity index (χ1n) is 9.25. The van der Waals surface area contributed by atoms with Crippen molar-refractivity contribution in [2.75, 3.05) is 4.90 Å². The number of thiazole rings is 1. The fraction of sp³-hybridized carbons (Fsp3) is 0.174. The van der Waals surface area contributed by atoms with E-state index in [0.717, 1.165) is 21.3 Å². The second-order valence-electron chi connectivity index (χ2n) is 7.03. The fourth-order valence-corrected chi connectivity index (χ4v) is 4.40. The average molecular weight is 404 g/mol. The lowest BCUT2D eigenvalue weighted by Crippen LogP contribution is -2.30. The molecule has 29 heavy (non-hydrogen) atoms. The van der Waals surface area contributed by atoms with Gasteiger partial charge in [-0.2, -0.15) is 0 Å². The normalized spacial score (nSPS) is 11.0. The van der Waals surface area contributed by atoms with Crippen LogP contribution in [0.15, 0.2) is 59.2 Å². The monoisotopic (exact) mass is 404 g/mol. The molecule has 0 atom stereocenters. The lowest BCUT2D eigenvalue weighted by molar-refractivity contribution is 0.0979. The number of benzene rings is 2. The Kier molecular flexibility index (Phi) is 5.03. The predicted octanol–water partition coefficient (Wildman–Crippen LogP) is 5.56. The van der Waals surface area contributed by atoms with Crippen LogP contribution in [0.25, 0.3) is 10.2 Å². The number of aromatic nitrogens is 1. The van der Waals surface area contributed by atoms with Crippen LogP contribution in [0.2, 0.25) is 0 Å². The molecule has 6 heteroatoms. The SMILES string of the molecule is CC(=O)c1ccc(C(=O)N(Cc2ccco2)c2nc3c(C)cc(C)cc3s2)cc1. The molecule has 146 valence electrons. The predicted molar refractivity (Wildman–Crippen MR) is 115 cm³/mol. The lowest BCUT2D eigenvalue weighted by atomic mass is 10.1. The third kappa shape index (κ3) is 3.84. The van der Waals surface area contributed by atoms with Crippen molar-refractivity contribution in [1.29, 1.82) is 0 Å². The van der Waals surface area contributed by atoms with E-state index in [1.807, 2.05) is 19.9 Å². The smallest absolute Gasteiger partial charge is 0.260 e. The maximum Gasteiger partial charge on any atom is 0.260 e. The number of hydrogen-bond donors (Lipinski definition) is 0.